The van der Waals surface area contributed by atoms with Gasteiger partial charge in [-0.25, -0.2) is 0 Å². The highest BCUT2D eigenvalue weighted by Gasteiger charge is 1.89. The summed E-state index contributed by atoms with van der Waals surface area (Å²) in [5, 5.41) is 23.4. The molecule has 56 valence electrons. The van der Waals surface area contributed by atoms with E-state index in [0.29, 0.717) is 0 Å². The van der Waals surface area contributed by atoms with Crippen molar-refractivity contribution in [3.05, 3.63) is 0 Å². The summed E-state index contributed by atoms with van der Waals surface area (Å²) in [6.45, 7) is 0. The molecular formula is C5H6ClNO3. The summed E-state index contributed by atoms with van der Waals surface area (Å²) in [6.07, 6.45) is 4.45. The van der Waals surface area contributed by atoms with Crippen molar-refractivity contribution in [2.24, 2.45) is 0 Å². The van der Waals surface area contributed by atoms with Crippen LogP contribution in [0.25, 0.3) is 0 Å². The number of hydrogen-bond acceptors (Lipinski definition) is 4. The van der Waals surface area contributed by atoms with Gasteiger partial charge in [-0.3, -0.25) is 0 Å². The largest absolute Gasteiger partial charge is 0.367 e. The Labute approximate surface area is 63.8 Å². The minimum absolute atomic E-state index is 0.208. The van der Waals surface area contributed by atoms with E-state index in [9.17, 15) is 0 Å². The minimum Gasteiger partial charge on any atom is -0.367 e. The van der Waals surface area contributed by atoms with Gasteiger partial charge in [-0.05, 0) is 0 Å². The summed E-state index contributed by atoms with van der Waals surface area (Å²) in [5.74, 6) is 0. The minimum atomic E-state index is -1.46. The number of aliphatic hydroxyl groups is 2. The van der Waals surface area contributed by atoms with Gasteiger partial charge in [0.1, 0.15) is 18.0 Å². The van der Waals surface area contributed by atoms with Gasteiger partial charge in [-0.2, -0.15) is 5.26 Å². The highest BCUT2D eigenvalue weighted by atomic mass is 35.5. The Hall–Kier alpha value is -0.940. The molecule has 0 rings (SSSR count). The van der Waals surface area contributed by atoms with Crippen LogP contribution in [0.1, 0.15) is 6.42 Å². The summed E-state index contributed by atoms with van der Waals surface area (Å²) in [7, 11) is 0. The van der Waals surface area contributed by atoms with E-state index in [2.05, 4.69) is 22.6 Å². The van der Waals surface area contributed by atoms with Crippen LogP contribution < -0.4 is 0 Å². The fraction of sp³-hybridized carbons (Fsp3) is 0.400. The van der Waals surface area contributed by atoms with Crippen LogP contribution in [0.2, 0.25) is 0 Å². The molecule has 0 amide bonds. The van der Waals surface area contributed by atoms with Crippen LogP contribution in [0.4, 0.5) is 0 Å². The van der Waals surface area contributed by atoms with Gasteiger partial charge < -0.3 is 14.5 Å². The van der Waals surface area contributed by atoms with Gasteiger partial charge >= 0.3 is 0 Å². The van der Waals surface area contributed by atoms with Crippen molar-refractivity contribution in [1.29, 1.82) is 5.26 Å². The molecule has 0 aliphatic carbocycles. The zero-order valence-electron chi connectivity index (χ0n) is 4.99. The molecule has 5 heteroatoms. The van der Waals surface area contributed by atoms with Crippen molar-refractivity contribution in [2.45, 2.75) is 12.7 Å². The summed E-state index contributed by atoms with van der Waals surface area (Å²) in [4.78, 5) is 0. The van der Waals surface area contributed by atoms with Crippen LogP contribution in [0.5, 0.6) is 0 Å². The van der Waals surface area contributed by atoms with Crippen molar-refractivity contribution in [1.82, 2.24) is 0 Å². The van der Waals surface area contributed by atoms with E-state index in [1.54, 1.807) is 12.2 Å². The first kappa shape index (κ1) is 11.8. The second-order valence-electron chi connectivity index (χ2n) is 1.04. The Kier molecular flexibility index (Phi) is 12.9. The summed E-state index contributed by atoms with van der Waals surface area (Å²) < 4.78 is 3.54. The average molecular weight is 164 g/mol. The first-order valence-electron chi connectivity index (χ1n) is 2.15. The molecular weight excluding hydrogens is 158 g/mol. The number of halogens is 1. The maximum Gasteiger partial charge on any atom is 0.164 e. The van der Waals surface area contributed by atoms with Crippen molar-refractivity contribution in [3.8, 4) is 18.6 Å². The zero-order valence-corrected chi connectivity index (χ0v) is 5.75. The molecule has 0 unspecified atom stereocenters. The average Bonchev–Trinajstić information content (AvgIpc) is 1.89. The van der Waals surface area contributed by atoms with E-state index >= 15 is 0 Å². The Balaban J connectivity index is 0. The van der Waals surface area contributed by atoms with Gasteiger partial charge in [0.15, 0.2) is 6.29 Å². The lowest BCUT2D eigenvalue weighted by Gasteiger charge is -1.88. The summed E-state index contributed by atoms with van der Waals surface area (Å²) in [5.41, 5.74) is 0. The molecule has 0 atom stereocenters. The predicted molar refractivity (Wildman–Crippen MR) is 34.2 cm³/mol. The topological polar surface area (TPSA) is 73.5 Å². The third-order valence-electron chi connectivity index (χ3n) is 0.318. The van der Waals surface area contributed by atoms with Crippen LogP contribution in [0.3, 0.4) is 0 Å². The van der Waals surface area contributed by atoms with Gasteiger partial charge in [-0.1, -0.05) is 6.42 Å². The van der Waals surface area contributed by atoms with E-state index in [-0.39, 0.29) is 6.42 Å². The molecule has 0 aliphatic rings. The molecule has 0 aliphatic heterocycles. The molecule has 0 spiro atoms. The van der Waals surface area contributed by atoms with Crippen LogP contribution in [0.15, 0.2) is 0 Å². The monoisotopic (exact) mass is 163 g/mol. The smallest absolute Gasteiger partial charge is 0.164 e. The van der Waals surface area contributed by atoms with Crippen LogP contribution in [-0.4, -0.2) is 16.5 Å². The zero-order chi connectivity index (χ0) is 8.41. The van der Waals surface area contributed by atoms with Gasteiger partial charge in [0.05, 0.1) is 12.5 Å². The molecule has 2 N–H and O–H groups in total. The Morgan fingerprint density at radius 3 is 2.10 bits per heavy atom. The quantitative estimate of drug-likeness (QED) is 0.420. The maximum absolute atomic E-state index is 7.89. The number of hydrogen-bond donors (Lipinski definition) is 2. The van der Waals surface area contributed by atoms with Crippen LogP contribution in [0, 0.1) is 23.9 Å². The molecule has 4 nitrogen and oxygen atoms in total. The highest BCUT2D eigenvalue weighted by Crippen LogP contribution is 1.77. The van der Waals surface area contributed by atoms with Gasteiger partial charge in [0.2, 0.25) is 0 Å². The van der Waals surface area contributed by atoms with Gasteiger partial charge in [0, 0.05) is 0 Å². The first-order valence-corrected chi connectivity index (χ1v) is 2.46. The number of rotatable bonds is 1. The van der Waals surface area contributed by atoms with Crippen LogP contribution in [-0.2, 0) is 4.29 Å². The molecule has 0 aromatic rings. The number of terminal acetylenes is 1. The third kappa shape index (κ3) is 27.7. The van der Waals surface area contributed by atoms with Crippen LogP contribution >= 0.6 is 11.9 Å². The number of aliphatic hydroxyl groups excluding tert-OH is 1. The van der Waals surface area contributed by atoms with Crippen molar-refractivity contribution < 1.29 is 14.5 Å². The predicted octanol–water partition coefficient (Wildman–Crippen LogP) is -0.0417. The van der Waals surface area contributed by atoms with E-state index < -0.39 is 6.29 Å². The molecule has 0 saturated heterocycles. The fourth-order valence-corrected chi connectivity index (χ4v) is 0.0816. The first-order chi connectivity index (χ1) is 4.68. The Morgan fingerprint density at radius 2 is 2.10 bits per heavy atom. The van der Waals surface area contributed by atoms with E-state index in [1.807, 2.05) is 0 Å². The Morgan fingerprint density at radius 1 is 1.70 bits per heavy atom. The lowest BCUT2D eigenvalue weighted by atomic mass is 10.5. The van der Waals surface area contributed by atoms with E-state index in [4.69, 9.17) is 15.5 Å². The highest BCUT2D eigenvalue weighted by molar-refractivity contribution is 6.08. The molecule has 0 aromatic heterocycles. The summed E-state index contributed by atoms with van der Waals surface area (Å²) >= 11 is 4.45. The number of nitrogens with zero attached hydrogens (tertiary/aromatic N) is 1. The molecule has 0 bridgehead atoms. The third-order valence-corrected chi connectivity index (χ3v) is 0.407. The number of nitriles is 1. The lowest BCUT2D eigenvalue weighted by molar-refractivity contribution is -0.0347. The van der Waals surface area contributed by atoms with Gasteiger partial charge in [-0.15, -0.1) is 0 Å². The normalized spacial score (nSPS) is 6.60. The second-order valence-corrected chi connectivity index (χ2v) is 1.19. The van der Waals surface area contributed by atoms with Crippen molar-refractivity contribution in [2.75, 3.05) is 0 Å². The molecule has 0 saturated carbocycles. The molecule has 10 heavy (non-hydrogen) atoms. The Bertz CT molecular complexity index is 135. The van der Waals surface area contributed by atoms with E-state index in [1.165, 1.54) is 0 Å². The standard InChI is InChI=1S/C3H5NO2.C2HClO/c4-2-1-3(5)6;1-2-4-3/h3,5-6H,1H2;1H. The lowest BCUT2D eigenvalue weighted by Crippen LogP contribution is -2.00. The fourth-order valence-electron chi connectivity index (χ4n) is 0.0816. The molecule has 0 radical (unpaired) electrons. The van der Waals surface area contributed by atoms with Crippen molar-refractivity contribution >= 4 is 11.9 Å². The molecule has 0 fully saturated rings. The van der Waals surface area contributed by atoms with Gasteiger partial charge in [0.25, 0.3) is 0 Å². The molecule has 0 heterocycles. The second kappa shape index (κ2) is 10.9. The SMILES string of the molecule is C#COCl.N#CCC(O)O. The molecule has 0 aromatic carbocycles. The van der Waals surface area contributed by atoms with Crippen molar-refractivity contribution in [3.63, 3.8) is 0 Å². The van der Waals surface area contributed by atoms with E-state index in [0.717, 1.165) is 0 Å². The maximum atomic E-state index is 7.89. The summed E-state index contributed by atoms with van der Waals surface area (Å²) in [6, 6.07) is 1.57.